The number of halogens is 2. The van der Waals surface area contributed by atoms with Gasteiger partial charge in [0.05, 0.1) is 11.6 Å². The summed E-state index contributed by atoms with van der Waals surface area (Å²) in [7, 11) is 1.69. The van der Waals surface area contributed by atoms with Crippen LogP contribution in [0.4, 0.5) is 14.6 Å². The normalized spacial score (nSPS) is 17.3. The first-order valence-electron chi connectivity index (χ1n) is 7.72. The number of nitrogens with zero attached hydrogens (tertiary/aromatic N) is 2. The maximum Gasteiger partial charge on any atom is 0.257 e. The van der Waals surface area contributed by atoms with Gasteiger partial charge in [-0.1, -0.05) is 11.2 Å². The number of aryl methyl sites for hydroxylation is 1. The molecule has 0 unspecified atom stereocenters. The number of hydrogen-bond donors (Lipinski definition) is 2. The van der Waals surface area contributed by atoms with Gasteiger partial charge in [-0.3, -0.25) is 4.79 Å². The van der Waals surface area contributed by atoms with Crippen LogP contribution >= 0.6 is 12.2 Å². The summed E-state index contributed by atoms with van der Waals surface area (Å²) in [5, 5.41) is 9.60. The zero-order valence-electron chi connectivity index (χ0n) is 14.3. The Labute approximate surface area is 153 Å². The third-order valence-corrected chi connectivity index (χ3v) is 4.53. The predicted molar refractivity (Wildman–Crippen MR) is 95.2 cm³/mol. The number of anilines is 1. The predicted octanol–water partition coefficient (Wildman–Crippen LogP) is 3.03. The molecule has 1 aliphatic rings. The van der Waals surface area contributed by atoms with Gasteiger partial charge in [0.25, 0.3) is 5.91 Å². The largest absolute Gasteiger partial charge is 0.360 e. The van der Waals surface area contributed by atoms with Crippen LogP contribution in [-0.4, -0.2) is 28.1 Å². The second-order valence-corrected chi connectivity index (χ2v) is 6.27. The van der Waals surface area contributed by atoms with Gasteiger partial charge in [0.1, 0.15) is 17.4 Å². The van der Waals surface area contributed by atoms with Crippen LogP contribution in [0.5, 0.6) is 0 Å². The Bertz CT molecular complexity index is 925. The van der Waals surface area contributed by atoms with Crippen molar-refractivity contribution in [1.29, 1.82) is 0 Å². The monoisotopic (exact) mass is 378 g/mol. The summed E-state index contributed by atoms with van der Waals surface area (Å²) >= 11 is 5.25. The van der Waals surface area contributed by atoms with Crippen molar-refractivity contribution in [3.63, 3.8) is 0 Å². The van der Waals surface area contributed by atoms with Crippen LogP contribution in [0.15, 0.2) is 40.1 Å². The van der Waals surface area contributed by atoms with E-state index < -0.39 is 23.6 Å². The number of allylic oxidation sites excluding steroid dienone is 1. The number of aromatic nitrogens is 1. The fourth-order valence-electron chi connectivity index (χ4n) is 2.71. The molecule has 0 saturated carbocycles. The highest BCUT2D eigenvalue weighted by Crippen LogP contribution is 2.32. The summed E-state index contributed by atoms with van der Waals surface area (Å²) in [5.41, 5.74) is 0.898. The van der Waals surface area contributed by atoms with Gasteiger partial charge in [-0.2, -0.15) is 0 Å². The summed E-state index contributed by atoms with van der Waals surface area (Å²) in [6, 6.07) is 3.88. The third kappa shape index (κ3) is 3.30. The number of carbonyl (C=O) groups is 1. The van der Waals surface area contributed by atoms with Crippen molar-refractivity contribution in [1.82, 2.24) is 15.4 Å². The average Bonchev–Trinajstić information content (AvgIpc) is 2.97. The zero-order chi connectivity index (χ0) is 19.0. The highest BCUT2D eigenvalue weighted by Gasteiger charge is 2.34. The lowest BCUT2D eigenvalue weighted by Gasteiger charge is -2.35. The Kier molecular flexibility index (Phi) is 4.73. The molecule has 2 N–H and O–H groups in total. The van der Waals surface area contributed by atoms with E-state index >= 15 is 0 Å². The van der Waals surface area contributed by atoms with Crippen molar-refractivity contribution >= 4 is 29.1 Å². The number of benzene rings is 1. The van der Waals surface area contributed by atoms with Crippen molar-refractivity contribution in [3.05, 3.63) is 58.5 Å². The topological polar surface area (TPSA) is 70.4 Å². The highest BCUT2D eigenvalue weighted by atomic mass is 32.1. The first-order chi connectivity index (χ1) is 12.3. The van der Waals surface area contributed by atoms with Gasteiger partial charge >= 0.3 is 0 Å². The minimum atomic E-state index is -0.868. The minimum Gasteiger partial charge on any atom is -0.360 e. The highest BCUT2D eigenvalue weighted by molar-refractivity contribution is 7.80. The molecule has 1 aromatic carbocycles. The van der Waals surface area contributed by atoms with Gasteiger partial charge in [0.15, 0.2) is 10.9 Å². The number of thiocarbonyl (C=S) groups is 1. The van der Waals surface area contributed by atoms with E-state index in [4.69, 9.17) is 16.7 Å². The van der Waals surface area contributed by atoms with Crippen molar-refractivity contribution < 1.29 is 18.1 Å². The maximum atomic E-state index is 14.3. The Balaban J connectivity index is 2.03. The van der Waals surface area contributed by atoms with Gasteiger partial charge in [0.2, 0.25) is 0 Å². The molecule has 136 valence electrons. The SMILES string of the molecule is CC1=C(C(=O)Nc2cc(C)on2)[C@H](c2ccc(F)cc2F)NC(=S)N1C. The van der Waals surface area contributed by atoms with Gasteiger partial charge in [0, 0.05) is 30.4 Å². The fourth-order valence-corrected chi connectivity index (χ4v) is 2.96. The fraction of sp³-hybridized carbons (Fsp3) is 0.235. The number of nitrogens with one attached hydrogen (secondary N) is 2. The molecule has 1 aliphatic heterocycles. The minimum absolute atomic E-state index is 0.114. The smallest absolute Gasteiger partial charge is 0.257 e. The Morgan fingerprint density at radius 1 is 1.35 bits per heavy atom. The Hall–Kier alpha value is -2.81. The molecule has 0 saturated heterocycles. The molecule has 1 amide bonds. The standard InChI is InChI=1S/C17H16F2N4O2S/c1-8-6-13(22-25-8)20-16(24)14-9(2)23(3)17(26)21-15(14)11-5-4-10(18)7-12(11)19/h4-7,15H,1-3H3,(H,21,26)(H,20,22,24)/t15-/m0/s1. The molecule has 0 spiro atoms. The molecule has 6 nitrogen and oxygen atoms in total. The molecule has 0 radical (unpaired) electrons. The average molecular weight is 378 g/mol. The van der Waals surface area contributed by atoms with Crippen LogP contribution in [0, 0.1) is 18.6 Å². The lowest BCUT2D eigenvalue weighted by atomic mass is 9.94. The van der Waals surface area contributed by atoms with Crippen molar-refractivity contribution in [2.75, 3.05) is 12.4 Å². The molecule has 9 heteroatoms. The first kappa shape index (κ1) is 18.0. The second kappa shape index (κ2) is 6.83. The van der Waals surface area contributed by atoms with Crippen LogP contribution in [0.2, 0.25) is 0 Å². The quantitative estimate of drug-likeness (QED) is 0.800. The molecule has 2 heterocycles. The van der Waals surface area contributed by atoms with Crippen LogP contribution in [0.1, 0.15) is 24.3 Å². The van der Waals surface area contributed by atoms with E-state index in [0.717, 1.165) is 12.1 Å². The number of rotatable bonds is 3. The van der Waals surface area contributed by atoms with Gasteiger partial charge < -0.3 is 20.1 Å². The van der Waals surface area contributed by atoms with Crippen LogP contribution in [-0.2, 0) is 4.79 Å². The summed E-state index contributed by atoms with van der Waals surface area (Å²) in [6.45, 7) is 3.39. The molecule has 0 fully saturated rings. The molecule has 26 heavy (non-hydrogen) atoms. The van der Waals surface area contributed by atoms with Crippen molar-refractivity contribution in [3.8, 4) is 0 Å². The molecular weight excluding hydrogens is 362 g/mol. The summed E-state index contributed by atoms with van der Waals surface area (Å²) in [4.78, 5) is 14.5. The lowest BCUT2D eigenvalue weighted by molar-refractivity contribution is -0.113. The van der Waals surface area contributed by atoms with Gasteiger partial charge in [-0.05, 0) is 32.1 Å². The molecule has 0 bridgehead atoms. The Morgan fingerprint density at radius 3 is 2.69 bits per heavy atom. The Morgan fingerprint density at radius 2 is 2.08 bits per heavy atom. The van der Waals surface area contributed by atoms with E-state index in [-0.39, 0.29) is 17.0 Å². The van der Waals surface area contributed by atoms with Gasteiger partial charge in [-0.25, -0.2) is 8.78 Å². The summed E-state index contributed by atoms with van der Waals surface area (Å²) in [5.74, 6) is -1.20. The first-order valence-corrected chi connectivity index (χ1v) is 8.13. The second-order valence-electron chi connectivity index (χ2n) is 5.88. The van der Waals surface area contributed by atoms with Crippen molar-refractivity contribution in [2.24, 2.45) is 0 Å². The molecule has 1 atom stereocenters. The lowest BCUT2D eigenvalue weighted by Crippen LogP contribution is -2.46. The van der Waals surface area contributed by atoms with Crippen LogP contribution in [0.3, 0.4) is 0 Å². The van der Waals surface area contributed by atoms with E-state index in [2.05, 4.69) is 15.8 Å². The van der Waals surface area contributed by atoms with E-state index in [1.165, 1.54) is 6.07 Å². The van der Waals surface area contributed by atoms with E-state index in [1.54, 1.807) is 31.9 Å². The molecule has 2 aromatic rings. The maximum absolute atomic E-state index is 14.3. The molecule has 3 rings (SSSR count). The molecular formula is C17H16F2N4O2S. The molecule has 0 aliphatic carbocycles. The van der Waals surface area contributed by atoms with E-state index in [1.807, 2.05) is 0 Å². The number of amides is 1. The number of hydrogen-bond acceptors (Lipinski definition) is 4. The van der Waals surface area contributed by atoms with Crippen LogP contribution in [0.25, 0.3) is 0 Å². The summed E-state index contributed by atoms with van der Waals surface area (Å²) in [6.07, 6.45) is 0. The summed E-state index contributed by atoms with van der Waals surface area (Å²) < 4.78 is 32.5. The van der Waals surface area contributed by atoms with E-state index in [0.29, 0.717) is 16.6 Å². The zero-order valence-corrected chi connectivity index (χ0v) is 15.1. The van der Waals surface area contributed by atoms with Crippen LogP contribution < -0.4 is 10.6 Å². The van der Waals surface area contributed by atoms with Crippen molar-refractivity contribution in [2.45, 2.75) is 19.9 Å². The van der Waals surface area contributed by atoms with E-state index in [9.17, 15) is 13.6 Å². The van der Waals surface area contributed by atoms with Gasteiger partial charge in [-0.15, -0.1) is 0 Å². The molecule has 1 aromatic heterocycles. The number of carbonyl (C=O) groups excluding carboxylic acids is 1. The third-order valence-electron chi connectivity index (χ3n) is 4.14.